The normalized spacial score (nSPS) is 11.6. The summed E-state index contributed by atoms with van der Waals surface area (Å²) < 4.78 is 5.45. The van der Waals surface area contributed by atoms with Gasteiger partial charge in [0.05, 0.1) is 0 Å². The molecule has 110 valence electrons. The molecular weight excluding hydrogens is 280 g/mol. The molecule has 5 heteroatoms. The number of nitrogens with zero attached hydrogens (tertiary/aromatic N) is 1. The third-order valence-corrected chi connectivity index (χ3v) is 3.38. The highest BCUT2D eigenvalue weighted by atomic mass is 16.5. The standard InChI is InChI=1S/C17H14N2O3/c1-11-6-2-4-8-14(11)18-16(20)13-10-12-7-3-5-9-15(12)22-17(13)19-21/h2-10,21H,1H3,(H,18,20). The Bertz CT molecular complexity index is 913. The second-order valence-electron chi connectivity index (χ2n) is 4.87. The summed E-state index contributed by atoms with van der Waals surface area (Å²) >= 11 is 0. The second-order valence-corrected chi connectivity index (χ2v) is 4.87. The smallest absolute Gasteiger partial charge is 0.268 e. The van der Waals surface area contributed by atoms with Gasteiger partial charge in [-0.2, -0.15) is 0 Å². The summed E-state index contributed by atoms with van der Waals surface area (Å²) in [6.45, 7) is 1.90. The molecule has 2 aromatic carbocycles. The Balaban J connectivity index is 2.05. The van der Waals surface area contributed by atoms with E-state index in [0.717, 1.165) is 10.9 Å². The highest BCUT2D eigenvalue weighted by molar-refractivity contribution is 6.05. The van der Waals surface area contributed by atoms with Crippen LogP contribution in [0.15, 0.2) is 64.2 Å². The number of para-hydroxylation sites is 2. The van der Waals surface area contributed by atoms with Gasteiger partial charge in [0.2, 0.25) is 0 Å². The van der Waals surface area contributed by atoms with Gasteiger partial charge < -0.3 is 14.9 Å². The minimum Gasteiger partial charge on any atom is -0.435 e. The lowest BCUT2D eigenvalue weighted by Crippen LogP contribution is -2.22. The average molecular weight is 294 g/mol. The SMILES string of the molecule is Cc1ccccc1NC(=O)c1cc2ccccc2oc1=NO. The zero-order chi connectivity index (χ0) is 15.5. The number of nitrogens with one attached hydrogen (secondary N) is 1. The van der Waals surface area contributed by atoms with E-state index in [4.69, 9.17) is 9.62 Å². The molecule has 0 aliphatic heterocycles. The summed E-state index contributed by atoms with van der Waals surface area (Å²) in [5.74, 6) is -0.392. The molecule has 0 atom stereocenters. The van der Waals surface area contributed by atoms with Gasteiger partial charge in [0.25, 0.3) is 11.5 Å². The fourth-order valence-corrected chi connectivity index (χ4v) is 2.21. The van der Waals surface area contributed by atoms with Gasteiger partial charge in [0.1, 0.15) is 11.1 Å². The van der Waals surface area contributed by atoms with Gasteiger partial charge in [0.15, 0.2) is 0 Å². The molecule has 0 aliphatic rings. The van der Waals surface area contributed by atoms with E-state index in [-0.39, 0.29) is 11.1 Å². The molecule has 2 N–H and O–H groups in total. The third kappa shape index (κ3) is 2.56. The molecule has 0 unspecified atom stereocenters. The van der Waals surface area contributed by atoms with Crippen LogP contribution in [0.5, 0.6) is 0 Å². The number of benzene rings is 2. The van der Waals surface area contributed by atoms with Crippen molar-refractivity contribution in [1.29, 1.82) is 0 Å². The highest BCUT2D eigenvalue weighted by Gasteiger charge is 2.13. The van der Waals surface area contributed by atoms with E-state index < -0.39 is 5.91 Å². The van der Waals surface area contributed by atoms with Gasteiger partial charge in [-0.25, -0.2) is 0 Å². The summed E-state index contributed by atoms with van der Waals surface area (Å²) in [5.41, 5.74) is 2.23. The number of fused-ring (bicyclic) bond motifs is 1. The van der Waals surface area contributed by atoms with E-state index in [2.05, 4.69) is 10.5 Å². The predicted molar refractivity (Wildman–Crippen MR) is 82.7 cm³/mol. The molecule has 5 nitrogen and oxygen atoms in total. The monoisotopic (exact) mass is 294 g/mol. The second kappa shape index (κ2) is 5.73. The van der Waals surface area contributed by atoms with Crippen molar-refractivity contribution in [2.75, 3.05) is 5.32 Å². The van der Waals surface area contributed by atoms with Crippen LogP contribution < -0.4 is 10.9 Å². The van der Waals surface area contributed by atoms with E-state index in [9.17, 15) is 4.79 Å². The van der Waals surface area contributed by atoms with Crippen molar-refractivity contribution in [3.05, 3.63) is 71.3 Å². The van der Waals surface area contributed by atoms with Crippen molar-refractivity contribution in [2.45, 2.75) is 6.92 Å². The molecule has 0 spiro atoms. The Labute approximate surface area is 126 Å². The highest BCUT2D eigenvalue weighted by Crippen LogP contribution is 2.16. The van der Waals surface area contributed by atoms with Crippen molar-refractivity contribution in [3.63, 3.8) is 0 Å². The Hall–Kier alpha value is -3.08. The molecule has 0 aliphatic carbocycles. The number of carbonyl (C=O) groups excluding carboxylic acids is 1. The van der Waals surface area contributed by atoms with Crippen LogP contribution in [0, 0.1) is 6.92 Å². The lowest BCUT2D eigenvalue weighted by atomic mass is 10.1. The van der Waals surface area contributed by atoms with Crippen LogP contribution in [0.1, 0.15) is 15.9 Å². The molecule has 1 aromatic heterocycles. The van der Waals surface area contributed by atoms with Gasteiger partial charge >= 0.3 is 0 Å². The molecule has 0 saturated carbocycles. The molecular formula is C17H14N2O3. The lowest BCUT2D eigenvalue weighted by molar-refractivity contribution is 0.102. The summed E-state index contributed by atoms with van der Waals surface area (Å²) in [6, 6.07) is 16.3. The number of hydrogen-bond donors (Lipinski definition) is 2. The van der Waals surface area contributed by atoms with E-state index in [1.54, 1.807) is 24.3 Å². The van der Waals surface area contributed by atoms with Crippen molar-refractivity contribution in [3.8, 4) is 0 Å². The fraction of sp³-hybridized carbons (Fsp3) is 0.0588. The number of carbonyl (C=O) groups is 1. The topological polar surface area (TPSA) is 74.8 Å². The molecule has 22 heavy (non-hydrogen) atoms. The zero-order valence-electron chi connectivity index (χ0n) is 11.9. The molecule has 1 heterocycles. The van der Waals surface area contributed by atoms with Crippen molar-refractivity contribution in [2.24, 2.45) is 5.16 Å². The summed E-state index contributed by atoms with van der Waals surface area (Å²) in [6.07, 6.45) is 0. The first-order chi connectivity index (χ1) is 10.7. The van der Waals surface area contributed by atoms with Crippen LogP contribution in [0.3, 0.4) is 0 Å². The number of aryl methyl sites for hydroxylation is 1. The maximum atomic E-state index is 12.4. The third-order valence-electron chi connectivity index (χ3n) is 3.38. The molecule has 3 rings (SSSR count). The van der Waals surface area contributed by atoms with E-state index >= 15 is 0 Å². The van der Waals surface area contributed by atoms with E-state index in [0.29, 0.717) is 11.3 Å². The minimum atomic E-state index is -0.392. The zero-order valence-corrected chi connectivity index (χ0v) is 11.9. The Morgan fingerprint density at radius 3 is 2.64 bits per heavy atom. The fourth-order valence-electron chi connectivity index (χ4n) is 2.21. The summed E-state index contributed by atoms with van der Waals surface area (Å²) in [7, 11) is 0. The van der Waals surface area contributed by atoms with Gasteiger partial charge in [-0.1, -0.05) is 36.4 Å². The molecule has 0 radical (unpaired) electrons. The van der Waals surface area contributed by atoms with Crippen molar-refractivity contribution < 1.29 is 14.4 Å². The molecule has 0 saturated heterocycles. The van der Waals surface area contributed by atoms with Crippen molar-refractivity contribution in [1.82, 2.24) is 0 Å². The van der Waals surface area contributed by atoms with Crippen LogP contribution in [-0.2, 0) is 0 Å². The Kier molecular flexibility index (Phi) is 3.62. The maximum absolute atomic E-state index is 12.4. The maximum Gasteiger partial charge on any atom is 0.268 e. The number of anilines is 1. The lowest BCUT2D eigenvalue weighted by Gasteiger charge is -2.08. The minimum absolute atomic E-state index is 0.121. The van der Waals surface area contributed by atoms with Crippen LogP contribution in [0.2, 0.25) is 0 Å². The predicted octanol–water partition coefficient (Wildman–Crippen LogP) is 3.28. The van der Waals surface area contributed by atoms with Gasteiger partial charge in [-0.3, -0.25) is 4.79 Å². The first kappa shape index (κ1) is 13.9. The summed E-state index contributed by atoms with van der Waals surface area (Å²) in [5, 5.41) is 15.7. The van der Waals surface area contributed by atoms with Crippen LogP contribution >= 0.6 is 0 Å². The number of amides is 1. The first-order valence-corrected chi connectivity index (χ1v) is 6.77. The van der Waals surface area contributed by atoms with Gasteiger partial charge in [-0.15, -0.1) is 0 Å². The number of hydrogen-bond acceptors (Lipinski definition) is 4. The van der Waals surface area contributed by atoms with Crippen LogP contribution in [-0.4, -0.2) is 11.1 Å². The quantitative estimate of drug-likeness (QED) is 0.562. The van der Waals surface area contributed by atoms with Crippen molar-refractivity contribution >= 4 is 22.6 Å². The van der Waals surface area contributed by atoms with Crippen LogP contribution in [0.25, 0.3) is 11.0 Å². The van der Waals surface area contributed by atoms with E-state index in [1.165, 1.54) is 0 Å². The molecule has 1 amide bonds. The van der Waals surface area contributed by atoms with Crippen LogP contribution in [0.4, 0.5) is 5.69 Å². The Morgan fingerprint density at radius 2 is 1.86 bits per heavy atom. The van der Waals surface area contributed by atoms with Gasteiger partial charge in [-0.05, 0) is 35.8 Å². The first-order valence-electron chi connectivity index (χ1n) is 6.77. The molecule has 0 fully saturated rings. The van der Waals surface area contributed by atoms with Gasteiger partial charge in [0, 0.05) is 11.1 Å². The molecule has 0 bridgehead atoms. The molecule has 3 aromatic rings. The van der Waals surface area contributed by atoms with E-state index in [1.807, 2.05) is 37.3 Å². The number of rotatable bonds is 2. The largest absolute Gasteiger partial charge is 0.435 e. The Morgan fingerprint density at radius 1 is 1.14 bits per heavy atom. The average Bonchev–Trinajstić information content (AvgIpc) is 2.55. The summed E-state index contributed by atoms with van der Waals surface area (Å²) in [4.78, 5) is 12.4.